The molecule has 0 N–H and O–H groups in total. The lowest BCUT2D eigenvalue weighted by Crippen LogP contribution is -2.45. The van der Waals surface area contributed by atoms with Gasteiger partial charge in [-0.2, -0.15) is 0 Å². The van der Waals surface area contributed by atoms with E-state index in [2.05, 4.69) is 56.4 Å². The Balaban J connectivity index is 1.44. The van der Waals surface area contributed by atoms with E-state index >= 15 is 0 Å². The number of allylic oxidation sites excluding steroid dienone is 1. The minimum atomic E-state index is 0.0653. The van der Waals surface area contributed by atoms with Crippen LogP contribution in [0.15, 0.2) is 24.5 Å². The molecule has 2 aliphatic rings. The average molecular weight is 377 g/mol. The van der Waals surface area contributed by atoms with E-state index in [4.69, 9.17) is 0 Å². The molecule has 0 radical (unpaired) electrons. The summed E-state index contributed by atoms with van der Waals surface area (Å²) in [5.74, 6) is 1.21. The Hall–Kier alpha value is -3.03. The second-order valence-electron chi connectivity index (χ2n) is 7.81. The Bertz CT molecular complexity index is 1080. The first-order valence-electron chi connectivity index (χ1n) is 9.77. The van der Waals surface area contributed by atoms with Gasteiger partial charge in [0.25, 0.3) is 0 Å². The molecule has 8 nitrogen and oxygen atoms in total. The average Bonchev–Trinajstić information content (AvgIpc) is 3.41. The highest BCUT2D eigenvalue weighted by Gasteiger charge is 2.31. The SMILES string of the molecule is Cc1nnnn1CC(=O)N1CC[C@@H](C)[C@@H](n2ccc3cnc4c(c32)C=CC4)C1. The number of aryl methyl sites for hydroxylation is 1. The smallest absolute Gasteiger partial charge is 0.244 e. The number of carbonyl (C=O) groups excluding carboxylic acids is 1. The zero-order chi connectivity index (χ0) is 19.3. The second kappa shape index (κ2) is 6.54. The van der Waals surface area contributed by atoms with Crippen LogP contribution >= 0.6 is 0 Å². The van der Waals surface area contributed by atoms with Crippen molar-refractivity contribution in [2.24, 2.45) is 5.92 Å². The molecule has 1 fully saturated rings. The Morgan fingerprint density at radius 3 is 3.07 bits per heavy atom. The van der Waals surface area contributed by atoms with Crippen LogP contribution in [0.1, 0.15) is 36.5 Å². The molecule has 8 heteroatoms. The highest BCUT2D eigenvalue weighted by atomic mass is 16.2. The maximum atomic E-state index is 12.9. The predicted octanol–water partition coefficient (Wildman–Crippen LogP) is 2.01. The van der Waals surface area contributed by atoms with Gasteiger partial charge in [-0.3, -0.25) is 9.78 Å². The lowest BCUT2D eigenvalue weighted by Gasteiger charge is -2.38. The maximum absolute atomic E-state index is 12.9. The first-order chi connectivity index (χ1) is 13.6. The fourth-order valence-corrected chi connectivity index (χ4v) is 4.38. The van der Waals surface area contributed by atoms with Gasteiger partial charge in [-0.05, 0) is 35.8 Å². The zero-order valence-corrected chi connectivity index (χ0v) is 16.1. The van der Waals surface area contributed by atoms with E-state index in [1.165, 1.54) is 11.1 Å². The minimum Gasteiger partial charge on any atom is -0.342 e. The van der Waals surface area contributed by atoms with Crippen LogP contribution in [0.5, 0.6) is 0 Å². The number of piperidine rings is 1. The predicted molar refractivity (Wildman–Crippen MR) is 104 cm³/mol. The van der Waals surface area contributed by atoms with Crippen molar-refractivity contribution < 1.29 is 4.79 Å². The van der Waals surface area contributed by atoms with Gasteiger partial charge in [0, 0.05) is 42.9 Å². The lowest BCUT2D eigenvalue weighted by atomic mass is 9.92. The van der Waals surface area contributed by atoms with Crippen LogP contribution in [0.2, 0.25) is 0 Å². The molecule has 1 saturated heterocycles. The molecule has 1 aliphatic heterocycles. The number of aromatic nitrogens is 6. The third-order valence-corrected chi connectivity index (χ3v) is 6.09. The summed E-state index contributed by atoms with van der Waals surface area (Å²) in [5, 5.41) is 12.6. The van der Waals surface area contributed by atoms with E-state index in [0.717, 1.165) is 30.5 Å². The molecule has 0 aromatic carbocycles. The van der Waals surface area contributed by atoms with Gasteiger partial charge in [-0.25, -0.2) is 4.68 Å². The van der Waals surface area contributed by atoms with Gasteiger partial charge in [0.05, 0.1) is 17.3 Å². The van der Waals surface area contributed by atoms with E-state index < -0.39 is 0 Å². The number of likely N-dealkylation sites (tertiary alicyclic amines) is 1. The molecular weight excluding hydrogens is 354 g/mol. The second-order valence-corrected chi connectivity index (χ2v) is 7.81. The molecule has 1 amide bonds. The number of rotatable bonds is 3. The quantitative estimate of drug-likeness (QED) is 0.697. The fraction of sp³-hybridized carbons (Fsp3) is 0.450. The van der Waals surface area contributed by atoms with E-state index in [1.807, 2.05) is 18.0 Å². The number of fused-ring (bicyclic) bond motifs is 3. The van der Waals surface area contributed by atoms with Crippen molar-refractivity contribution in [2.45, 2.75) is 39.3 Å². The van der Waals surface area contributed by atoms with E-state index in [1.54, 1.807) is 4.68 Å². The number of nitrogens with zero attached hydrogens (tertiary/aromatic N) is 7. The van der Waals surface area contributed by atoms with Crippen LogP contribution in [-0.2, 0) is 17.8 Å². The Kier molecular flexibility index (Phi) is 3.99. The molecule has 5 rings (SSSR count). The standard InChI is InChI=1S/C20H23N7O/c1-13-6-8-25(19(28)12-27-14(2)22-23-24-27)11-18(13)26-9-7-15-10-21-17-5-3-4-16(17)20(15)26/h3-4,7,9-10,13,18H,5-6,8,11-12H2,1-2H3/t13-,18+/m1/s1. The topological polar surface area (TPSA) is 81.7 Å². The Morgan fingerprint density at radius 2 is 2.25 bits per heavy atom. The number of hydrogen-bond acceptors (Lipinski definition) is 5. The van der Waals surface area contributed by atoms with Crippen molar-refractivity contribution in [3.05, 3.63) is 41.6 Å². The summed E-state index contributed by atoms with van der Waals surface area (Å²) in [6.07, 6.45) is 10.3. The van der Waals surface area contributed by atoms with Crippen molar-refractivity contribution in [3.63, 3.8) is 0 Å². The third kappa shape index (κ3) is 2.71. The summed E-state index contributed by atoms with van der Waals surface area (Å²) in [4.78, 5) is 19.4. The van der Waals surface area contributed by atoms with Crippen LogP contribution in [0.4, 0.5) is 0 Å². The highest BCUT2D eigenvalue weighted by Crippen LogP contribution is 2.35. The molecule has 3 aromatic rings. The molecular formula is C20H23N7O. The normalized spacial score (nSPS) is 21.4. The van der Waals surface area contributed by atoms with E-state index in [0.29, 0.717) is 18.3 Å². The molecule has 0 unspecified atom stereocenters. The number of hydrogen-bond donors (Lipinski definition) is 0. The summed E-state index contributed by atoms with van der Waals surface area (Å²) in [5.41, 5.74) is 3.60. The molecule has 3 aromatic heterocycles. The van der Waals surface area contributed by atoms with Crippen LogP contribution < -0.4 is 0 Å². The first kappa shape index (κ1) is 17.1. The lowest BCUT2D eigenvalue weighted by molar-refractivity contribution is -0.134. The molecule has 28 heavy (non-hydrogen) atoms. The first-order valence-corrected chi connectivity index (χ1v) is 9.77. The van der Waals surface area contributed by atoms with Gasteiger partial charge in [0.15, 0.2) is 0 Å². The summed E-state index contributed by atoms with van der Waals surface area (Å²) in [7, 11) is 0. The molecule has 144 valence electrons. The molecule has 4 heterocycles. The molecule has 1 aliphatic carbocycles. The van der Waals surface area contributed by atoms with Crippen molar-refractivity contribution in [2.75, 3.05) is 13.1 Å². The molecule has 0 bridgehead atoms. The fourth-order valence-electron chi connectivity index (χ4n) is 4.38. The monoisotopic (exact) mass is 377 g/mol. The number of tetrazole rings is 1. The largest absolute Gasteiger partial charge is 0.342 e. The number of carbonyl (C=O) groups is 1. The van der Waals surface area contributed by atoms with Gasteiger partial charge in [0.2, 0.25) is 5.91 Å². The van der Waals surface area contributed by atoms with E-state index in [-0.39, 0.29) is 18.5 Å². The van der Waals surface area contributed by atoms with Gasteiger partial charge in [-0.1, -0.05) is 19.1 Å². The number of pyridine rings is 1. The van der Waals surface area contributed by atoms with Gasteiger partial charge < -0.3 is 9.47 Å². The van der Waals surface area contributed by atoms with Crippen molar-refractivity contribution in [3.8, 4) is 0 Å². The van der Waals surface area contributed by atoms with Crippen LogP contribution in [0.3, 0.4) is 0 Å². The molecule has 0 spiro atoms. The molecule has 2 atom stereocenters. The summed E-state index contributed by atoms with van der Waals surface area (Å²) < 4.78 is 3.92. The Labute approximate surface area is 162 Å². The van der Waals surface area contributed by atoms with Crippen molar-refractivity contribution >= 4 is 22.9 Å². The zero-order valence-electron chi connectivity index (χ0n) is 16.1. The minimum absolute atomic E-state index is 0.0653. The Morgan fingerprint density at radius 1 is 1.36 bits per heavy atom. The highest BCUT2D eigenvalue weighted by molar-refractivity contribution is 5.90. The molecule has 0 saturated carbocycles. The maximum Gasteiger partial charge on any atom is 0.244 e. The summed E-state index contributed by atoms with van der Waals surface area (Å²) in [6, 6.07) is 2.37. The summed E-state index contributed by atoms with van der Waals surface area (Å²) >= 11 is 0. The van der Waals surface area contributed by atoms with E-state index in [9.17, 15) is 4.79 Å². The van der Waals surface area contributed by atoms with Crippen molar-refractivity contribution in [1.82, 2.24) is 34.7 Å². The summed E-state index contributed by atoms with van der Waals surface area (Å²) in [6.45, 7) is 5.75. The van der Waals surface area contributed by atoms with Gasteiger partial charge in [0.1, 0.15) is 12.4 Å². The van der Waals surface area contributed by atoms with Crippen LogP contribution in [0.25, 0.3) is 17.0 Å². The third-order valence-electron chi connectivity index (χ3n) is 6.09. The van der Waals surface area contributed by atoms with Crippen molar-refractivity contribution in [1.29, 1.82) is 0 Å². The van der Waals surface area contributed by atoms with Gasteiger partial charge in [-0.15, -0.1) is 5.10 Å². The van der Waals surface area contributed by atoms with Crippen LogP contribution in [0, 0.1) is 12.8 Å². The van der Waals surface area contributed by atoms with Crippen LogP contribution in [-0.4, -0.2) is 53.7 Å². The number of amides is 1. The van der Waals surface area contributed by atoms with Gasteiger partial charge >= 0.3 is 0 Å².